The lowest BCUT2D eigenvalue weighted by molar-refractivity contribution is -0.322. The second kappa shape index (κ2) is 3.40. The maximum atomic E-state index is 11.7. The first-order valence-corrected chi connectivity index (χ1v) is 3.55. The van der Waals surface area contributed by atoms with Gasteiger partial charge in [0.2, 0.25) is 0 Å². The fourth-order valence-electron chi connectivity index (χ4n) is 0.417. The van der Waals surface area contributed by atoms with Gasteiger partial charge in [-0.3, -0.25) is 4.79 Å². The number of hydrogen-bond acceptors (Lipinski definition) is 2. The first kappa shape index (κ1) is 12.0. The van der Waals surface area contributed by atoms with Crippen molar-refractivity contribution in [2.45, 2.75) is 26.9 Å². The van der Waals surface area contributed by atoms with Gasteiger partial charge in [-0.15, -0.1) is 5.76 Å². The third-order valence-electron chi connectivity index (χ3n) is 1.28. The molecule has 0 bridgehead atoms. The van der Waals surface area contributed by atoms with Gasteiger partial charge < -0.3 is 5.11 Å². The predicted molar refractivity (Wildman–Crippen MR) is 38.6 cm³/mol. The zero-order valence-corrected chi connectivity index (χ0v) is 7.53. The van der Waals surface area contributed by atoms with E-state index in [0.29, 0.717) is 0 Å². The maximum absolute atomic E-state index is 11.7. The van der Waals surface area contributed by atoms with Crippen LogP contribution in [-0.4, -0.2) is 12.0 Å². The second-order valence-corrected chi connectivity index (χ2v) is 3.62. The summed E-state index contributed by atoms with van der Waals surface area (Å²) in [6.07, 6.45) is -4.86. The monoisotopic (exact) mass is 195 g/mol. The molecule has 0 aromatic rings. The molecule has 0 fully saturated rings. The lowest BCUT2D eigenvalue weighted by Gasteiger charge is -2.27. The Labute approximate surface area is 74.1 Å². The van der Waals surface area contributed by atoms with E-state index in [-0.39, 0.29) is 6.08 Å². The molecule has 0 atom stereocenters. The van der Waals surface area contributed by atoms with Gasteiger partial charge in [0, 0.05) is 0 Å². The van der Waals surface area contributed by atoms with Crippen LogP contribution in [0.1, 0.15) is 20.8 Å². The molecular weight excluding hydrogens is 185 g/mol. The number of carbonyl (C=O) groups is 1. The maximum Gasteiger partial charge on any atom is 0.454 e. The Hall–Kier alpha value is -1.00. The highest BCUT2D eigenvalue weighted by atomic mass is 19.4. The van der Waals surface area contributed by atoms with E-state index in [2.05, 4.69) is 0 Å². The summed E-state index contributed by atoms with van der Waals surface area (Å²) in [5.74, 6) is -2.93. The van der Waals surface area contributed by atoms with Crippen molar-refractivity contribution in [1.82, 2.24) is 0 Å². The number of rotatable bonds is 1. The zero-order chi connectivity index (χ0) is 10.9. The zero-order valence-electron chi connectivity index (χ0n) is 7.53. The van der Waals surface area contributed by atoms with Crippen LogP contribution in [0.15, 0.2) is 11.8 Å². The lowest BCUT2D eigenvalue weighted by atomic mass is 9.93. The topological polar surface area (TPSA) is 40.1 Å². The average molecular weight is 195 g/mol. The third kappa shape index (κ3) is 3.96. The molecule has 2 nitrogen and oxygen atoms in total. The average Bonchev–Trinajstić information content (AvgIpc) is 1.82. The van der Waals surface area contributed by atoms with Crippen LogP contribution in [-0.2, 0) is 4.79 Å². The highest BCUT2D eigenvalue weighted by Gasteiger charge is 2.36. The Bertz CT molecular complexity index is 233. The van der Waals surface area contributed by atoms with E-state index >= 15 is 0 Å². The summed E-state index contributed by atoms with van der Waals surface area (Å²) in [7, 11) is 0. The van der Waals surface area contributed by atoms with Gasteiger partial charge >= 0.3 is 6.18 Å². The first-order chi connectivity index (χ1) is 5.55. The molecule has 0 N–H and O–H groups in total. The predicted octanol–water partition coefficient (Wildman–Crippen LogP) is 1.41. The van der Waals surface area contributed by atoms with Crippen molar-refractivity contribution in [2.75, 3.05) is 0 Å². The van der Waals surface area contributed by atoms with Gasteiger partial charge in [0.05, 0.1) is 0 Å². The summed E-state index contributed by atoms with van der Waals surface area (Å²) in [5.41, 5.74) is -0.957. The van der Waals surface area contributed by atoms with Crippen molar-refractivity contribution < 1.29 is 23.1 Å². The Morgan fingerprint density at radius 1 is 1.23 bits per heavy atom. The molecule has 0 spiro atoms. The lowest BCUT2D eigenvalue weighted by Crippen LogP contribution is -2.26. The number of allylic oxidation sites excluding steroid dienone is 2. The third-order valence-corrected chi connectivity index (χ3v) is 1.28. The molecule has 0 aliphatic carbocycles. The Morgan fingerprint density at radius 3 is 1.85 bits per heavy atom. The van der Waals surface area contributed by atoms with E-state index in [1.807, 2.05) is 0 Å². The summed E-state index contributed by atoms with van der Waals surface area (Å²) < 4.78 is 35.0. The molecule has 0 aliphatic heterocycles. The van der Waals surface area contributed by atoms with Crippen molar-refractivity contribution in [3.05, 3.63) is 11.8 Å². The van der Waals surface area contributed by atoms with Crippen molar-refractivity contribution in [2.24, 2.45) is 5.41 Å². The molecular formula is C8H10F3O2-. The van der Waals surface area contributed by atoms with E-state index in [9.17, 15) is 23.1 Å². The molecule has 0 amide bonds. The van der Waals surface area contributed by atoms with Gasteiger partial charge in [0.15, 0.2) is 0 Å². The molecule has 0 saturated carbocycles. The van der Waals surface area contributed by atoms with Crippen LogP contribution in [0, 0.1) is 5.41 Å². The number of alkyl halides is 3. The minimum absolute atomic E-state index is 0.0972. The number of halogens is 3. The van der Waals surface area contributed by atoms with Gasteiger partial charge in [-0.2, -0.15) is 13.2 Å². The summed E-state index contributed by atoms with van der Waals surface area (Å²) in [6.45, 7) is 4.32. The van der Waals surface area contributed by atoms with E-state index in [1.165, 1.54) is 20.8 Å². The molecule has 5 heteroatoms. The molecule has 76 valence electrons. The van der Waals surface area contributed by atoms with Crippen LogP contribution in [0.5, 0.6) is 0 Å². The van der Waals surface area contributed by atoms with Crippen molar-refractivity contribution in [3.8, 4) is 0 Å². The molecule has 0 aromatic heterocycles. The minimum atomic E-state index is -4.96. The van der Waals surface area contributed by atoms with E-state index in [0.717, 1.165) is 0 Å². The van der Waals surface area contributed by atoms with Crippen molar-refractivity contribution in [3.63, 3.8) is 0 Å². The van der Waals surface area contributed by atoms with Gasteiger partial charge in [0.1, 0.15) is 0 Å². The molecule has 0 saturated heterocycles. The van der Waals surface area contributed by atoms with Gasteiger partial charge in [-0.1, -0.05) is 20.8 Å². The van der Waals surface area contributed by atoms with Crippen LogP contribution in [0.3, 0.4) is 0 Å². The fourth-order valence-corrected chi connectivity index (χ4v) is 0.417. The summed E-state index contributed by atoms with van der Waals surface area (Å²) >= 11 is 0. The Morgan fingerprint density at radius 2 is 1.62 bits per heavy atom. The second-order valence-electron chi connectivity index (χ2n) is 3.62. The summed E-state index contributed by atoms with van der Waals surface area (Å²) in [6, 6.07) is 0. The van der Waals surface area contributed by atoms with E-state index in [1.54, 1.807) is 0 Å². The Kier molecular flexibility index (Phi) is 3.13. The summed E-state index contributed by atoms with van der Waals surface area (Å²) in [5, 5.41) is 10.9. The van der Waals surface area contributed by atoms with Gasteiger partial charge in [0.25, 0.3) is 5.78 Å². The standard InChI is InChI=1S/C8H11F3O2/c1-7(2,3)5(12)4-6(13)8(9,10)11/h4,12H,1-3H3/p-1. The van der Waals surface area contributed by atoms with Crippen LogP contribution in [0.25, 0.3) is 0 Å². The highest BCUT2D eigenvalue weighted by molar-refractivity contribution is 5.94. The molecule has 0 radical (unpaired) electrons. The molecule has 0 aromatic carbocycles. The van der Waals surface area contributed by atoms with Crippen LogP contribution < -0.4 is 5.11 Å². The first-order valence-electron chi connectivity index (χ1n) is 3.55. The minimum Gasteiger partial charge on any atom is -0.875 e. The molecule has 13 heavy (non-hydrogen) atoms. The highest BCUT2D eigenvalue weighted by Crippen LogP contribution is 2.23. The number of ketones is 1. The largest absolute Gasteiger partial charge is 0.875 e. The SMILES string of the molecule is CC(C)(C)C([O-])=CC(=O)C(F)(F)F. The van der Waals surface area contributed by atoms with Crippen LogP contribution >= 0.6 is 0 Å². The number of carbonyl (C=O) groups excluding carboxylic acids is 1. The molecule has 0 unspecified atom stereocenters. The fraction of sp³-hybridized carbons (Fsp3) is 0.625. The van der Waals surface area contributed by atoms with Crippen molar-refractivity contribution >= 4 is 5.78 Å². The van der Waals surface area contributed by atoms with E-state index in [4.69, 9.17) is 0 Å². The van der Waals surface area contributed by atoms with Gasteiger partial charge in [-0.25, -0.2) is 0 Å². The van der Waals surface area contributed by atoms with Gasteiger partial charge in [-0.05, 0) is 11.5 Å². The molecule has 0 aliphatic rings. The molecule has 0 heterocycles. The van der Waals surface area contributed by atoms with Crippen LogP contribution in [0.4, 0.5) is 13.2 Å². The van der Waals surface area contributed by atoms with E-state index < -0.39 is 23.1 Å². The molecule has 0 rings (SSSR count). The smallest absolute Gasteiger partial charge is 0.454 e. The normalized spacial score (nSPS) is 14.5. The number of hydrogen-bond donors (Lipinski definition) is 0. The summed E-state index contributed by atoms with van der Waals surface area (Å²) in [4.78, 5) is 10.3. The van der Waals surface area contributed by atoms with Crippen LogP contribution in [0.2, 0.25) is 0 Å². The Balaban J connectivity index is 4.70. The van der Waals surface area contributed by atoms with Crippen molar-refractivity contribution in [1.29, 1.82) is 0 Å². The quantitative estimate of drug-likeness (QED) is 0.468.